The Morgan fingerprint density at radius 2 is 2.46 bits per heavy atom. The lowest BCUT2D eigenvalue weighted by molar-refractivity contribution is -0.138. The van der Waals surface area contributed by atoms with E-state index in [0.29, 0.717) is 13.2 Å². The van der Waals surface area contributed by atoms with Crippen molar-refractivity contribution in [2.75, 3.05) is 13.2 Å². The molecule has 3 nitrogen and oxygen atoms in total. The van der Waals surface area contributed by atoms with Gasteiger partial charge in [0.25, 0.3) is 0 Å². The van der Waals surface area contributed by atoms with Gasteiger partial charge in [-0.3, -0.25) is 4.79 Å². The van der Waals surface area contributed by atoms with Crippen molar-refractivity contribution in [1.82, 2.24) is 4.90 Å². The summed E-state index contributed by atoms with van der Waals surface area (Å²) in [6.45, 7) is 8.88. The van der Waals surface area contributed by atoms with Gasteiger partial charge in [-0.1, -0.05) is 13.5 Å². The molecule has 2 unspecified atom stereocenters. The van der Waals surface area contributed by atoms with Gasteiger partial charge in [0.2, 0.25) is 5.91 Å². The number of morpholine rings is 1. The molecule has 0 saturated carbocycles. The van der Waals surface area contributed by atoms with E-state index in [1.165, 1.54) is 6.08 Å². The summed E-state index contributed by atoms with van der Waals surface area (Å²) in [4.78, 5) is 13.2. The first kappa shape index (κ1) is 10.3. The minimum Gasteiger partial charge on any atom is -0.374 e. The summed E-state index contributed by atoms with van der Waals surface area (Å²) in [6.07, 6.45) is 2.52. The second-order valence-electron chi connectivity index (χ2n) is 3.41. The topological polar surface area (TPSA) is 29.5 Å². The molecule has 0 radical (unpaired) electrons. The van der Waals surface area contributed by atoms with Crippen molar-refractivity contribution in [2.24, 2.45) is 0 Å². The minimum absolute atomic E-state index is 0.00856. The van der Waals surface area contributed by atoms with E-state index in [-0.39, 0.29) is 18.1 Å². The summed E-state index contributed by atoms with van der Waals surface area (Å²) >= 11 is 0. The summed E-state index contributed by atoms with van der Waals surface area (Å²) in [5.74, 6) is 0.00856. The Labute approximate surface area is 79.4 Å². The molecule has 0 spiro atoms. The molecule has 1 aliphatic rings. The second-order valence-corrected chi connectivity index (χ2v) is 3.41. The molecule has 1 saturated heterocycles. The van der Waals surface area contributed by atoms with Gasteiger partial charge in [0.15, 0.2) is 0 Å². The molecular weight excluding hydrogens is 166 g/mol. The van der Waals surface area contributed by atoms with Crippen molar-refractivity contribution in [2.45, 2.75) is 32.4 Å². The number of carbonyl (C=O) groups excluding carboxylic acids is 1. The first-order valence-corrected chi connectivity index (χ1v) is 4.73. The largest absolute Gasteiger partial charge is 0.374 e. The van der Waals surface area contributed by atoms with Crippen molar-refractivity contribution >= 4 is 5.91 Å². The number of carbonyl (C=O) groups is 1. The summed E-state index contributed by atoms with van der Waals surface area (Å²) < 4.78 is 5.54. The van der Waals surface area contributed by atoms with Gasteiger partial charge in [0.1, 0.15) is 0 Å². The van der Waals surface area contributed by atoms with Gasteiger partial charge in [0, 0.05) is 6.54 Å². The number of rotatable bonds is 2. The van der Waals surface area contributed by atoms with E-state index in [2.05, 4.69) is 13.5 Å². The quantitative estimate of drug-likeness (QED) is 0.602. The van der Waals surface area contributed by atoms with Gasteiger partial charge in [-0.2, -0.15) is 0 Å². The van der Waals surface area contributed by atoms with E-state index in [9.17, 15) is 4.79 Å². The highest BCUT2D eigenvalue weighted by Crippen LogP contribution is 2.13. The molecule has 1 aliphatic heterocycles. The van der Waals surface area contributed by atoms with Gasteiger partial charge < -0.3 is 9.64 Å². The van der Waals surface area contributed by atoms with E-state index in [0.717, 1.165) is 6.42 Å². The fourth-order valence-corrected chi connectivity index (χ4v) is 1.49. The van der Waals surface area contributed by atoms with Crippen LogP contribution in [-0.4, -0.2) is 36.1 Å². The highest BCUT2D eigenvalue weighted by Gasteiger charge is 2.26. The molecular formula is C10H17NO2. The molecule has 0 aliphatic carbocycles. The zero-order valence-electron chi connectivity index (χ0n) is 8.32. The minimum atomic E-state index is 0.00856. The predicted octanol–water partition coefficient (Wildman–Crippen LogP) is 1.20. The van der Waals surface area contributed by atoms with Crippen LogP contribution in [0.4, 0.5) is 0 Å². The number of nitrogens with zero attached hydrogens (tertiary/aromatic N) is 1. The number of hydrogen-bond acceptors (Lipinski definition) is 2. The van der Waals surface area contributed by atoms with Crippen LogP contribution in [0.25, 0.3) is 0 Å². The Bertz CT molecular complexity index is 203. The van der Waals surface area contributed by atoms with Crippen molar-refractivity contribution in [3.63, 3.8) is 0 Å². The van der Waals surface area contributed by atoms with Crippen LogP contribution in [0.2, 0.25) is 0 Å². The van der Waals surface area contributed by atoms with E-state index in [1.807, 2.05) is 11.8 Å². The molecule has 13 heavy (non-hydrogen) atoms. The predicted molar refractivity (Wildman–Crippen MR) is 51.4 cm³/mol. The zero-order chi connectivity index (χ0) is 9.84. The van der Waals surface area contributed by atoms with Crippen LogP contribution in [0, 0.1) is 0 Å². The maximum Gasteiger partial charge on any atom is 0.246 e. The third-order valence-electron chi connectivity index (χ3n) is 2.42. The lowest BCUT2D eigenvalue weighted by Crippen LogP contribution is -2.50. The molecule has 1 rings (SSSR count). The number of ether oxygens (including phenoxy) is 1. The van der Waals surface area contributed by atoms with Crippen LogP contribution >= 0.6 is 0 Å². The molecule has 0 aromatic rings. The Kier molecular flexibility index (Phi) is 3.48. The third kappa shape index (κ3) is 2.31. The fraction of sp³-hybridized carbons (Fsp3) is 0.700. The Morgan fingerprint density at radius 3 is 3.00 bits per heavy atom. The van der Waals surface area contributed by atoms with Gasteiger partial charge in [0.05, 0.1) is 18.8 Å². The molecule has 1 heterocycles. The van der Waals surface area contributed by atoms with Gasteiger partial charge in [-0.25, -0.2) is 0 Å². The highest BCUT2D eigenvalue weighted by molar-refractivity contribution is 5.87. The van der Waals surface area contributed by atoms with Crippen LogP contribution in [-0.2, 0) is 9.53 Å². The summed E-state index contributed by atoms with van der Waals surface area (Å²) in [5, 5.41) is 0. The SMILES string of the molecule is C=CC(=O)N1CC(CC)OCC1C. The molecule has 74 valence electrons. The normalized spacial score (nSPS) is 28.6. The molecule has 0 N–H and O–H groups in total. The van der Waals surface area contributed by atoms with Crippen molar-refractivity contribution in [3.8, 4) is 0 Å². The third-order valence-corrected chi connectivity index (χ3v) is 2.42. The zero-order valence-corrected chi connectivity index (χ0v) is 8.32. The lowest BCUT2D eigenvalue weighted by atomic mass is 10.1. The Morgan fingerprint density at radius 1 is 1.77 bits per heavy atom. The van der Waals surface area contributed by atoms with Crippen molar-refractivity contribution in [1.29, 1.82) is 0 Å². The maximum atomic E-state index is 11.4. The second kappa shape index (κ2) is 4.42. The van der Waals surface area contributed by atoms with E-state index >= 15 is 0 Å². The molecule has 1 amide bonds. The molecule has 3 heteroatoms. The average molecular weight is 183 g/mol. The van der Waals surface area contributed by atoms with Crippen LogP contribution in [0.15, 0.2) is 12.7 Å². The van der Waals surface area contributed by atoms with Crippen molar-refractivity contribution in [3.05, 3.63) is 12.7 Å². The monoisotopic (exact) mass is 183 g/mol. The number of amides is 1. The summed E-state index contributed by atoms with van der Waals surface area (Å²) in [7, 11) is 0. The molecule has 0 bridgehead atoms. The maximum absolute atomic E-state index is 11.4. The Hall–Kier alpha value is -0.830. The molecule has 0 aromatic heterocycles. The first-order chi connectivity index (χ1) is 6.19. The van der Waals surface area contributed by atoms with Gasteiger partial charge in [-0.15, -0.1) is 0 Å². The molecule has 2 atom stereocenters. The van der Waals surface area contributed by atoms with Crippen LogP contribution in [0.1, 0.15) is 20.3 Å². The van der Waals surface area contributed by atoms with Gasteiger partial charge >= 0.3 is 0 Å². The number of hydrogen-bond donors (Lipinski definition) is 0. The highest BCUT2D eigenvalue weighted by atomic mass is 16.5. The average Bonchev–Trinajstić information content (AvgIpc) is 2.17. The first-order valence-electron chi connectivity index (χ1n) is 4.73. The fourth-order valence-electron chi connectivity index (χ4n) is 1.49. The van der Waals surface area contributed by atoms with Crippen LogP contribution < -0.4 is 0 Å². The molecule has 0 aromatic carbocycles. The smallest absolute Gasteiger partial charge is 0.246 e. The summed E-state index contributed by atoms with van der Waals surface area (Å²) in [5.41, 5.74) is 0. The van der Waals surface area contributed by atoms with Crippen LogP contribution in [0.3, 0.4) is 0 Å². The van der Waals surface area contributed by atoms with E-state index in [4.69, 9.17) is 4.74 Å². The van der Waals surface area contributed by atoms with Crippen molar-refractivity contribution < 1.29 is 9.53 Å². The Balaban J connectivity index is 2.59. The van der Waals surface area contributed by atoms with Crippen LogP contribution in [0.5, 0.6) is 0 Å². The summed E-state index contributed by atoms with van der Waals surface area (Å²) in [6, 6.07) is 0.174. The lowest BCUT2D eigenvalue weighted by Gasteiger charge is -2.37. The van der Waals surface area contributed by atoms with E-state index in [1.54, 1.807) is 0 Å². The standard InChI is InChI=1S/C10H17NO2/c1-4-9-6-11(10(12)5-2)8(3)7-13-9/h5,8-9H,2,4,6-7H2,1,3H3. The molecule has 1 fully saturated rings. The van der Waals surface area contributed by atoms with Gasteiger partial charge in [-0.05, 0) is 19.4 Å². The van der Waals surface area contributed by atoms with E-state index < -0.39 is 0 Å².